The topological polar surface area (TPSA) is 42.0 Å². The third-order valence-electron chi connectivity index (χ3n) is 4.80. The van der Waals surface area contributed by atoms with E-state index in [4.69, 9.17) is 9.47 Å². The van der Waals surface area contributed by atoms with Gasteiger partial charge in [-0.2, -0.15) is 0 Å². The SMILES string of the molecule is CC1(C)CC(N(C(=O)CN2CCOCC2)c2ccccc2)CCO1. The van der Waals surface area contributed by atoms with E-state index in [9.17, 15) is 4.79 Å². The van der Waals surface area contributed by atoms with E-state index in [0.717, 1.165) is 31.6 Å². The molecule has 132 valence electrons. The summed E-state index contributed by atoms with van der Waals surface area (Å²) in [7, 11) is 0. The van der Waals surface area contributed by atoms with Crippen LogP contribution in [0.25, 0.3) is 0 Å². The lowest BCUT2D eigenvalue weighted by Gasteiger charge is -2.42. The van der Waals surface area contributed by atoms with Crippen molar-refractivity contribution in [1.82, 2.24) is 4.90 Å². The number of ether oxygens (including phenoxy) is 2. The van der Waals surface area contributed by atoms with Crippen LogP contribution in [0.2, 0.25) is 0 Å². The minimum absolute atomic E-state index is 0.172. The van der Waals surface area contributed by atoms with E-state index in [1.54, 1.807) is 0 Å². The molecule has 24 heavy (non-hydrogen) atoms. The quantitative estimate of drug-likeness (QED) is 0.848. The summed E-state index contributed by atoms with van der Waals surface area (Å²) in [5.41, 5.74) is 0.799. The van der Waals surface area contributed by atoms with Gasteiger partial charge in [-0.1, -0.05) is 18.2 Å². The molecule has 5 heteroatoms. The third kappa shape index (κ3) is 4.35. The summed E-state index contributed by atoms with van der Waals surface area (Å²) < 4.78 is 11.2. The number of amides is 1. The van der Waals surface area contributed by atoms with Gasteiger partial charge in [0.1, 0.15) is 0 Å². The molecule has 0 saturated carbocycles. The maximum atomic E-state index is 13.1. The molecule has 1 aromatic rings. The second-order valence-electron chi connectivity index (χ2n) is 7.24. The Morgan fingerprint density at radius 3 is 2.58 bits per heavy atom. The first-order chi connectivity index (χ1) is 11.6. The van der Waals surface area contributed by atoms with E-state index < -0.39 is 0 Å². The molecule has 5 nitrogen and oxygen atoms in total. The molecule has 2 aliphatic rings. The zero-order valence-corrected chi connectivity index (χ0v) is 14.7. The maximum absolute atomic E-state index is 13.1. The molecule has 0 bridgehead atoms. The van der Waals surface area contributed by atoms with Crippen LogP contribution in [0.15, 0.2) is 30.3 Å². The maximum Gasteiger partial charge on any atom is 0.241 e. The number of benzene rings is 1. The monoisotopic (exact) mass is 332 g/mol. The molecular weight excluding hydrogens is 304 g/mol. The van der Waals surface area contributed by atoms with Crippen LogP contribution >= 0.6 is 0 Å². The van der Waals surface area contributed by atoms with E-state index in [1.165, 1.54) is 0 Å². The highest BCUT2D eigenvalue weighted by atomic mass is 16.5. The molecule has 0 radical (unpaired) electrons. The Kier molecular flexibility index (Phi) is 5.54. The lowest BCUT2D eigenvalue weighted by molar-refractivity contribution is -0.122. The van der Waals surface area contributed by atoms with Crippen molar-refractivity contribution < 1.29 is 14.3 Å². The van der Waals surface area contributed by atoms with Crippen LogP contribution in [-0.2, 0) is 14.3 Å². The van der Waals surface area contributed by atoms with Crippen molar-refractivity contribution in [3.8, 4) is 0 Å². The highest BCUT2D eigenvalue weighted by Crippen LogP contribution is 2.30. The fourth-order valence-corrected chi connectivity index (χ4v) is 3.59. The molecule has 0 aromatic heterocycles. The summed E-state index contributed by atoms with van der Waals surface area (Å²) in [5, 5.41) is 0. The van der Waals surface area contributed by atoms with Gasteiger partial charge in [0.15, 0.2) is 0 Å². The Labute approximate surface area is 144 Å². The van der Waals surface area contributed by atoms with Gasteiger partial charge in [-0.15, -0.1) is 0 Å². The molecule has 2 saturated heterocycles. The molecule has 1 atom stereocenters. The zero-order valence-electron chi connectivity index (χ0n) is 14.7. The molecule has 1 unspecified atom stereocenters. The largest absolute Gasteiger partial charge is 0.379 e. The Bertz CT molecular complexity index is 541. The highest BCUT2D eigenvalue weighted by Gasteiger charge is 2.35. The predicted molar refractivity (Wildman–Crippen MR) is 94.2 cm³/mol. The summed E-state index contributed by atoms with van der Waals surface area (Å²) >= 11 is 0. The van der Waals surface area contributed by atoms with Gasteiger partial charge in [-0.25, -0.2) is 0 Å². The third-order valence-corrected chi connectivity index (χ3v) is 4.80. The second kappa shape index (κ2) is 7.64. The van der Waals surface area contributed by atoms with Crippen molar-refractivity contribution in [2.24, 2.45) is 0 Å². The fourth-order valence-electron chi connectivity index (χ4n) is 3.59. The minimum Gasteiger partial charge on any atom is -0.379 e. The molecule has 2 aliphatic heterocycles. The molecule has 0 aliphatic carbocycles. The number of carbonyl (C=O) groups excluding carboxylic acids is 1. The second-order valence-corrected chi connectivity index (χ2v) is 7.24. The Morgan fingerprint density at radius 1 is 1.21 bits per heavy atom. The van der Waals surface area contributed by atoms with Crippen molar-refractivity contribution in [3.63, 3.8) is 0 Å². The average molecular weight is 332 g/mol. The summed E-state index contributed by atoms with van der Waals surface area (Å²) in [4.78, 5) is 17.3. The minimum atomic E-state index is -0.185. The normalized spacial score (nSPS) is 24.5. The fraction of sp³-hybridized carbons (Fsp3) is 0.632. The average Bonchev–Trinajstić information content (AvgIpc) is 2.56. The van der Waals surface area contributed by atoms with Crippen molar-refractivity contribution in [1.29, 1.82) is 0 Å². The molecule has 3 rings (SSSR count). The molecular formula is C19H28N2O3. The van der Waals surface area contributed by atoms with Crippen LogP contribution in [0.3, 0.4) is 0 Å². The summed E-state index contributed by atoms with van der Waals surface area (Å²) in [6.45, 7) is 8.44. The van der Waals surface area contributed by atoms with E-state index in [-0.39, 0.29) is 17.6 Å². The van der Waals surface area contributed by atoms with Gasteiger partial charge in [0.2, 0.25) is 5.91 Å². The Morgan fingerprint density at radius 2 is 1.92 bits per heavy atom. The van der Waals surface area contributed by atoms with Crippen LogP contribution in [0.4, 0.5) is 5.69 Å². The number of hydrogen-bond donors (Lipinski definition) is 0. The van der Waals surface area contributed by atoms with E-state index in [1.807, 2.05) is 35.2 Å². The predicted octanol–water partition coefficient (Wildman–Crippen LogP) is 2.31. The van der Waals surface area contributed by atoms with Gasteiger partial charge in [-0.3, -0.25) is 9.69 Å². The van der Waals surface area contributed by atoms with E-state index >= 15 is 0 Å². The van der Waals surface area contributed by atoms with Crippen LogP contribution in [0.1, 0.15) is 26.7 Å². The van der Waals surface area contributed by atoms with E-state index in [0.29, 0.717) is 26.4 Å². The van der Waals surface area contributed by atoms with Crippen molar-refractivity contribution >= 4 is 11.6 Å². The number of para-hydroxylation sites is 1. The first kappa shape index (κ1) is 17.4. The van der Waals surface area contributed by atoms with Crippen LogP contribution in [-0.4, -0.2) is 61.9 Å². The van der Waals surface area contributed by atoms with E-state index in [2.05, 4.69) is 18.7 Å². The first-order valence-electron chi connectivity index (χ1n) is 8.86. The van der Waals surface area contributed by atoms with Crippen molar-refractivity contribution in [2.45, 2.75) is 38.3 Å². The molecule has 1 amide bonds. The molecule has 0 spiro atoms. The summed E-state index contributed by atoms with van der Waals surface area (Å²) in [5.74, 6) is 0.172. The van der Waals surface area contributed by atoms with Crippen LogP contribution in [0.5, 0.6) is 0 Å². The molecule has 2 heterocycles. The highest BCUT2D eigenvalue weighted by molar-refractivity contribution is 5.95. The smallest absolute Gasteiger partial charge is 0.241 e. The first-order valence-corrected chi connectivity index (χ1v) is 8.86. The lowest BCUT2D eigenvalue weighted by Crippen LogP contribution is -2.52. The van der Waals surface area contributed by atoms with Gasteiger partial charge in [-0.05, 0) is 38.8 Å². The number of hydrogen-bond acceptors (Lipinski definition) is 4. The summed E-state index contributed by atoms with van der Waals surface area (Å²) in [6, 6.07) is 10.2. The van der Waals surface area contributed by atoms with Gasteiger partial charge in [0, 0.05) is 31.4 Å². The Hall–Kier alpha value is -1.43. The van der Waals surface area contributed by atoms with Crippen LogP contribution in [0, 0.1) is 0 Å². The standard InChI is InChI=1S/C19H28N2O3/c1-19(2)14-17(8-11-24-19)21(16-6-4-3-5-7-16)18(22)15-20-9-12-23-13-10-20/h3-7,17H,8-15H2,1-2H3. The summed E-state index contributed by atoms with van der Waals surface area (Å²) in [6.07, 6.45) is 1.74. The molecule has 2 fully saturated rings. The molecule has 1 aromatic carbocycles. The lowest BCUT2D eigenvalue weighted by atomic mass is 9.92. The number of morpholine rings is 1. The van der Waals surface area contributed by atoms with Crippen LogP contribution < -0.4 is 4.90 Å². The van der Waals surface area contributed by atoms with Gasteiger partial charge >= 0.3 is 0 Å². The van der Waals surface area contributed by atoms with Gasteiger partial charge in [0.05, 0.1) is 25.4 Å². The number of rotatable bonds is 4. The van der Waals surface area contributed by atoms with Crippen molar-refractivity contribution in [3.05, 3.63) is 30.3 Å². The van der Waals surface area contributed by atoms with Crippen molar-refractivity contribution in [2.75, 3.05) is 44.4 Å². The zero-order chi connectivity index (χ0) is 17.0. The van der Waals surface area contributed by atoms with Gasteiger partial charge in [0.25, 0.3) is 0 Å². The number of nitrogens with zero attached hydrogens (tertiary/aromatic N) is 2. The molecule has 0 N–H and O–H groups in total. The number of carbonyl (C=O) groups is 1. The number of anilines is 1. The Balaban J connectivity index is 1.78. The van der Waals surface area contributed by atoms with Gasteiger partial charge < -0.3 is 14.4 Å².